The summed E-state index contributed by atoms with van der Waals surface area (Å²) < 4.78 is 6.18. The molecule has 0 radical (unpaired) electrons. The van der Waals surface area contributed by atoms with Crippen LogP contribution in [0.5, 0.6) is 5.75 Å². The fraction of sp³-hybridized carbons (Fsp3) is 0.0370. The Bertz CT molecular complexity index is 1380. The van der Waals surface area contributed by atoms with Gasteiger partial charge in [-0.2, -0.15) is 0 Å². The zero-order chi connectivity index (χ0) is 22.6. The summed E-state index contributed by atoms with van der Waals surface area (Å²) in [5.74, 6) is 0.538. The summed E-state index contributed by atoms with van der Waals surface area (Å²) >= 11 is 7.25. The van der Waals surface area contributed by atoms with Crippen LogP contribution < -0.4 is 10.1 Å². The van der Waals surface area contributed by atoms with E-state index in [2.05, 4.69) is 10.3 Å². The summed E-state index contributed by atoms with van der Waals surface area (Å²) in [6.45, 7) is 0.442. The minimum Gasteiger partial charge on any atom is -0.488 e. The van der Waals surface area contributed by atoms with Gasteiger partial charge in [0.05, 0.1) is 10.6 Å². The first-order chi connectivity index (χ1) is 16.2. The highest BCUT2D eigenvalue weighted by atomic mass is 35.5. The number of nitrogens with zero attached hydrogens (tertiary/aromatic N) is 1. The van der Waals surface area contributed by atoms with Crippen LogP contribution in [0.2, 0.25) is 5.02 Å². The van der Waals surface area contributed by atoms with E-state index in [1.165, 1.54) is 11.8 Å². The zero-order valence-corrected chi connectivity index (χ0v) is 19.1. The van der Waals surface area contributed by atoms with E-state index in [0.717, 1.165) is 33.3 Å². The molecule has 1 aliphatic heterocycles. The number of halogens is 1. The second kappa shape index (κ2) is 9.53. The van der Waals surface area contributed by atoms with Crippen molar-refractivity contribution in [2.75, 3.05) is 0 Å². The minimum absolute atomic E-state index is 0.186. The molecule has 0 aromatic heterocycles. The SMILES string of the molecule is O=C1NC(=Nc2ccc(Cl)cc2)S/C1=C\c1c(OCc2ccccc2)ccc2ccccc12. The monoisotopic (exact) mass is 470 g/mol. The van der Waals surface area contributed by atoms with Crippen LogP contribution in [-0.2, 0) is 11.4 Å². The third kappa shape index (κ3) is 4.95. The van der Waals surface area contributed by atoms with E-state index in [0.29, 0.717) is 21.7 Å². The fourth-order valence-electron chi connectivity index (χ4n) is 3.53. The number of carbonyl (C=O) groups excluding carboxylic acids is 1. The lowest BCUT2D eigenvalue weighted by molar-refractivity contribution is -0.115. The Kier molecular flexibility index (Phi) is 6.15. The van der Waals surface area contributed by atoms with Crippen LogP contribution in [0.3, 0.4) is 0 Å². The Hall–Kier alpha value is -3.54. The average Bonchev–Trinajstić information content (AvgIpc) is 3.19. The number of amides is 1. The summed E-state index contributed by atoms with van der Waals surface area (Å²) in [6, 6.07) is 29.2. The van der Waals surface area contributed by atoms with Gasteiger partial charge < -0.3 is 10.1 Å². The Morgan fingerprint density at radius 2 is 1.67 bits per heavy atom. The maximum absolute atomic E-state index is 12.7. The predicted octanol–water partition coefficient (Wildman–Crippen LogP) is 6.96. The van der Waals surface area contributed by atoms with Crippen molar-refractivity contribution in [3.05, 3.63) is 112 Å². The number of ether oxygens (including phenoxy) is 1. The molecule has 0 atom stereocenters. The number of carbonyl (C=O) groups is 1. The van der Waals surface area contributed by atoms with Crippen molar-refractivity contribution in [1.29, 1.82) is 0 Å². The average molecular weight is 471 g/mol. The van der Waals surface area contributed by atoms with Gasteiger partial charge in [-0.15, -0.1) is 0 Å². The first kappa shape index (κ1) is 21.3. The number of fused-ring (bicyclic) bond motifs is 1. The summed E-state index contributed by atoms with van der Waals surface area (Å²) in [5.41, 5.74) is 2.67. The highest BCUT2D eigenvalue weighted by molar-refractivity contribution is 8.18. The molecule has 5 rings (SSSR count). The Morgan fingerprint density at radius 3 is 2.48 bits per heavy atom. The lowest BCUT2D eigenvalue weighted by Gasteiger charge is -2.12. The van der Waals surface area contributed by atoms with Crippen LogP contribution in [0.4, 0.5) is 5.69 Å². The normalized spacial score (nSPS) is 15.8. The van der Waals surface area contributed by atoms with E-state index in [1.807, 2.05) is 84.9 Å². The minimum atomic E-state index is -0.186. The van der Waals surface area contributed by atoms with E-state index in [9.17, 15) is 4.79 Å². The number of nitrogens with one attached hydrogen (secondary N) is 1. The molecule has 1 heterocycles. The number of benzene rings is 4. The largest absolute Gasteiger partial charge is 0.488 e. The maximum Gasteiger partial charge on any atom is 0.264 e. The zero-order valence-electron chi connectivity index (χ0n) is 17.5. The molecule has 0 unspecified atom stereocenters. The number of hydrogen-bond acceptors (Lipinski definition) is 4. The van der Waals surface area contributed by atoms with Crippen molar-refractivity contribution >= 4 is 57.0 Å². The van der Waals surface area contributed by atoms with Gasteiger partial charge in [-0.05, 0) is 64.5 Å². The van der Waals surface area contributed by atoms with Crippen molar-refractivity contribution in [1.82, 2.24) is 5.32 Å². The third-order valence-corrected chi connectivity index (χ3v) is 6.31. The summed E-state index contributed by atoms with van der Waals surface area (Å²) in [5, 5.41) is 6.11. The lowest BCUT2D eigenvalue weighted by atomic mass is 10.0. The summed E-state index contributed by atoms with van der Waals surface area (Å²) in [7, 11) is 0. The first-order valence-electron chi connectivity index (χ1n) is 10.4. The fourth-order valence-corrected chi connectivity index (χ4v) is 4.48. The van der Waals surface area contributed by atoms with Gasteiger partial charge in [-0.1, -0.05) is 72.3 Å². The number of hydrogen-bond donors (Lipinski definition) is 1. The molecular weight excluding hydrogens is 452 g/mol. The van der Waals surface area contributed by atoms with Crippen LogP contribution in [0.25, 0.3) is 16.8 Å². The van der Waals surface area contributed by atoms with Gasteiger partial charge in [0.1, 0.15) is 12.4 Å². The van der Waals surface area contributed by atoms with Gasteiger partial charge >= 0.3 is 0 Å². The van der Waals surface area contributed by atoms with Crippen molar-refractivity contribution in [2.45, 2.75) is 6.61 Å². The molecule has 1 amide bonds. The van der Waals surface area contributed by atoms with Crippen molar-refractivity contribution in [3.63, 3.8) is 0 Å². The van der Waals surface area contributed by atoms with Crippen LogP contribution in [0.15, 0.2) is 101 Å². The molecule has 0 bridgehead atoms. The molecule has 0 saturated carbocycles. The molecular formula is C27H19ClN2O2S. The molecule has 33 heavy (non-hydrogen) atoms. The van der Waals surface area contributed by atoms with Gasteiger partial charge in [0.25, 0.3) is 5.91 Å². The predicted molar refractivity (Wildman–Crippen MR) is 137 cm³/mol. The quantitative estimate of drug-likeness (QED) is 0.320. The molecule has 6 heteroatoms. The maximum atomic E-state index is 12.7. The van der Waals surface area contributed by atoms with Gasteiger partial charge in [-0.3, -0.25) is 4.79 Å². The third-order valence-electron chi connectivity index (χ3n) is 5.15. The van der Waals surface area contributed by atoms with Crippen LogP contribution in [-0.4, -0.2) is 11.1 Å². The Morgan fingerprint density at radius 1 is 0.909 bits per heavy atom. The van der Waals surface area contributed by atoms with E-state index in [-0.39, 0.29) is 5.91 Å². The molecule has 0 spiro atoms. The number of rotatable bonds is 5. The molecule has 1 saturated heterocycles. The van der Waals surface area contributed by atoms with Crippen molar-refractivity contribution < 1.29 is 9.53 Å². The summed E-state index contributed by atoms with van der Waals surface area (Å²) in [4.78, 5) is 17.8. The molecule has 0 aliphatic carbocycles. The first-order valence-corrected chi connectivity index (χ1v) is 11.6. The van der Waals surface area contributed by atoms with E-state index < -0.39 is 0 Å². The van der Waals surface area contributed by atoms with Crippen LogP contribution in [0, 0.1) is 0 Å². The Balaban J connectivity index is 1.48. The Labute approximate surface area is 201 Å². The molecule has 4 aromatic rings. The van der Waals surface area contributed by atoms with Gasteiger partial charge in [0.15, 0.2) is 5.17 Å². The second-order valence-corrected chi connectivity index (χ2v) is 8.90. The van der Waals surface area contributed by atoms with E-state index in [1.54, 1.807) is 12.1 Å². The van der Waals surface area contributed by atoms with Gasteiger partial charge in [0.2, 0.25) is 0 Å². The second-order valence-electron chi connectivity index (χ2n) is 7.43. The number of aliphatic imine (C=N–C) groups is 1. The molecule has 1 aliphatic rings. The smallest absolute Gasteiger partial charge is 0.264 e. The van der Waals surface area contributed by atoms with Crippen LogP contribution in [0.1, 0.15) is 11.1 Å². The number of thioether (sulfide) groups is 1. The molecule has 1 fully saturated rings. The van der Waals surface area contributed by atoms with E-state index in [4.69, 9.17) is 16.3 Å². The topological polar surface area (TPSA) is 50.7 Å². The lowest BCUT2D eigenvalue weighted by Crippen LogP contribution is -2.19. The standard InChI is InChI=1S/C27H19ClN2O2S/c28-20-11-13-21(14-12-20)29-27-30-26(31)25(33-27)16-23-22-9-5-4-8-19(22)10-15-24(23)32-17-18-6-2-1-3-7-18/h1-16H,17H2,(H,29,30,31)/b25-16-. The highest BCUT2D eigenvalue weighted by Crippen LogP contribution is 2.35. The highest BCUT2D eigenvalue weighted by Gasteiger charge is 2.25. The number of amidine groups is 1. The van der Waals surface area contributed by atoms with Crippen molar-refractivity contribution in [2.24, 2.45) is 4.99 Å². The molecule has 1 N–H and O–H groups in total. The summed E-state index contributed by atoms with van der Waals surface area (Å²) in [6.07, 6.45) is 1.88. The van der Waals surface area contributed by atoms with Gasteiger partial charge in [-0.25, -0.2) is 4.99 Å². The molecule has 4 nitrogen and oxygen atoms in total. The van der Waals surface area contributed by atoms with Crippen molar-refractivity contribution in [3.8, 4) is 5.75 Å². The molecule has 162 valence electrons. The van der Waals surface area contributed by atoms with Crippen LogP contribution >= 0.6 is 23.4 Å². The van der Waals surface area contributed by atoms with E-state index >= 15 is 0 Å². The van der Waals surface area contributed by atoms with Gasteiger partial charge in [0, 0.05) is 10.6 Å². The molecule has 4 aromatic carbocycles.